The molecule has 0 aliphatic heterocycles. The molecule has 0 unspecified atom stereocenters. The van der Waals surface area contributed by atoms with Gasteiger partial charge in [-0.15, -0.1) is 0 Å². The van der Waals surface area contributed by atoms with Crippen molar-refractivity contribution in [3.8, 4) is 0 Å². The van der Waals surface area contributed by atoms with Gasteiger partial charge in [-0.25, -0.2) is 4.79 Å². The second kappa shape index (κ2) is 7.96. The number of nitrogens with one attached hydrogen (secondary N) is 1. The smallest absolute Gasteiger partial charge is 0.407 e. The van der Waals surface area contributed by atoms with Crippen molar-refractivity contribution in [2.45, 2.75) is 56.9 Å². The largest absolute Gasteiger partial charge is 0.481 e. The fourth-order valence-electron chi connectivity index (χ4n) is 2.48. The molecule has 0 radical (unpaired) electrons. The summed E-state index contributed by atoms with van der Waals surface area (Å²) in [6.07, 6.45) is 4.68. The van der Waals surface area contributed by atoms with Crippen molar-refractivity contribution in [2.24, 2.45) is 0 Å². The zero-order valence-electron chi connectivity index (χ0n) is 11.1. The molecule has 0 bridgehead atoms. The lowest BCUT2D eigenvalue weighted by Crippen LogP contribution is -2.50. The molecular formula is C13H22FNO4. The van der Waals surface area contributed by atoms with E-state index >= 15 is 0 Å². The summed E-state index contributed by atoms with van der Waals surface area (Å²) in [5.74, 6) is -0.863. The molecule has 1 aliphatic rings. The Morgan fingerprint density at radius 2 is 1.95 bits per heavy atom. The van der Waals surface area contributed by atoms with Crippen molar-refractivity contribution in [1.82, 2.24) is 5.32 Å². The first kappa shape index (κ1) is 15.7. The van der Waals surface area contributed by atoms with Gasteiger partial charge in [0.05, 0.1) is 13.3 Å². The number of halogens is 1. The number of alkyl carbamates (subject to hydrolysis) is 1. The highest BCUT2D eigenvalue weighted by atomic mass is 19.1. The van der Waals surface area contributed by atoms with Crippen LogP contribution in [0.5, 0.6) is 0 Å². The lowest BCUT2D eigenvalue weighted by molar-refractivity contribution is -0.137. The van der Waals surface area contributed by atoms with Gasteiger partial charge in [0, 0.05) is 18.4 Å². The van der Waals surface area contributed by atoms with Crippen molar-refractivity contribution in [3.05, 3.63) is 0 Å². The zero-order chi connectivity index (χ0) is 14.1. The number of carbonyl (C=O) groups excluding carboxylic acids is 1. The van der Waals surface area contributed by atoms with Crippen molar-refractivity contribution in [2.75, 3.05) is 13.3 Å². The van der Waals surface area contributed by atoms with Crippen LogP contribution in [0.1, 0.15) is 51.4 Å². The summed E-state index contributed by atoms with van der Waals surface area (Å²) in [4.78, 5) is 22.3. The molecule has 110 valence electrons. The summed E-state index contributed by atoms with van der Waals surface area (Å²) >= 11 is 0. The van der Waals surface area contributed by atoms with Gasteiger partial charge in [-0.3, -0.25) is 9.18 Å². The van der Waals surface area contributed by atoms with Crippen LogP contribution in [0.25, 0.3) is 0 Å². The minimum absolute atomic E-state index is 0.0325. The van der Waals surface area contributed by atoms with Crippen LogP contribution in [0.3, 0.4) is 0 Å². The topological polar surface area (TPSA) is 75.6 Å². The maximum atomic E-state index is 11.9. The second-order valence-electron chi connectivity index (χ2n) is 5.04. The Bertz CT molecular complexity index is 303. The molecule has 19 heavy (non-hydrogen) atoms. The highest BCUT2D eigenvalue weighted by Gasteiger charge is 2.34. The molecule has 0 aromatic carbocycles. The molecule has 2 N–H and O–H groups in total. The van der Waals surface area contributed by atoms with Crippen molar-refractivity contribution in [1.29, 1.82) is 0 Å². The van der Waals surface area contributed by atoms with Crippen LogP contribution >= 0.6 is 0 Å². The average Bonchev–Trinajstić information content (AvgIpc) is 2.38. The number of hydrogen-bond donors (Lipinski definition) is 2. The lowest BCUT2D eigenvalue weighted by atomic mass is 9.78. The summed E-state index contributed by atoms with van der Waals surface area (Å²) in [7, 11) is 0. The Balaban J connectivity index is 2.48. The normalized spacial score (nSPS) is 17.7. The van der Waals surface area contributed by atoms with E-state index in [4.69, 9.17) is 9.84 Å². The van der Waals surface area contributed by atoms with Crippen molar-refractivity contribution >= 4 is 12.1 Å². The van der Waals surface area contributed by atoms with Crippen LogP contribution in [-0.2, 0) is 9.53 Å². The third kappa shape index (κ3) is 5.89. The van der Waals surface area contributed by atoms with Gasteiger partial charge in [0.25, 0.3) is 0 Å². The monoisotopic (exact) mass is 275 g/mol. The molecule has 0 aromatic heterocycles. The zero-order valence-corrected chi connectivity index (χ0v) is 11.1. The van der Waals surface area contributed by atoms with Crippen LogP contribution in [0.2, 0.25) is 0 Å². The summed E-state index contributed by atoms with van der Waals surface area (Å²) in [6.45, 7) is -0.464. The van der Waals surface area contributed by atoms with E-state index in [2.05, 4.69) is 5.32 Å². The molecule has 5 nitrogen and oxygen atoms in total. The SMILES string of the molecule is O=C(O)CCC1(NC(=O)OCCCF)CCCCC1. The number of carboxylic acid groups (broad SMARTS) is 1. The van der Waals surface area contributed by atoms with Crippen molar-refractivity contribution in [3.63, 3.8) is 0 Å². The lowest BCUT2D eigenvalue weighted by Gasteiger charge is -2.37. The van der Waals surface area contributed by atoms with E-state index in [-0.39, 0.29) is 19.4 Å². The van der Waals surface area contributed by atoms with Crippen LogP contribution in [0.4, 0.5) is 9.18 Å². The first-order valence-electron chi connectivity index (χ1n) is 6.81. The number of rotatable bonds is 7. The molecular weight excluding hydrogens is 253 g/mol. The van der Waals surface area contributed by atoms with E-state index in [9.17, 15) is 14.0 Å². The Morgan fingerprint density at radius 3 is 2.53 bits per heavy atom. The molecule has 0 spiro atoms. The summed E-state index contributed by atoms with van der Waals surface area (Å²) in [5, 5.41) is 11.6. The number of carbonyl (C=O) groups is 2. The number of ether oxygens (including phenoxy) is 1. The minimum atomic E-state index is -0.863. The van der Waals surface area contributed by atoms with E-state index in [1.54, 1.807) is 0 Å². The fourth-order valence-corrected chi connectivity index (χ4v) is 2.48. The number of aliphatic carboxylic acids is 1. The Hall–Kier alpha value is -1.33. The van der Waals surface area contributed by atoms with E-state index in [0.29, 0.717) is 6.42 Å². The van der Waals surface area contributed by atoms with E-state index in [0.717, 1.165) is 32.1 Å². The highest BCUT2D eigenvalue weighted by Crippen LogP contribution is 2.32. The third-order valence-electron chi connectivity index (χ3n) is 3.51. The second-order valence-corrected chi connectivity index (χ2v) is 5.04. The van der Waals surface area contributed by atoms with Gasteiger partial charge in [-0.1, -0.05) is 19.3 Å². The Morgan fingerprint density at radius 1 is 1.26 bits per heavy atom. The van der Waals surface area contributed by atoms with Gasteiger partial charge in [-0.05, 0) is 19.3 Å². The van der Waals surface area contributed by atoms with E-state index in [1.165, 1.54) is 0 Å². The third-order valence-corrected chi connectivity index (χ3v) is 3.51. The summed E-state index contributed by atoms with van der Waals surface area (Å²) < 4.78 is 16.8. The number of amides is 1. The predicted molar refractivity (Wildman–Crippen MR) is 67.8 cm³/mol. The number of alkyl halides is 1. The summed E-state index contributed by atoms with van der Waals surface area (Å²) in [5.41, 5.74) is -0.469. The van der Waals surface area contributed by atoms with Gasteiger partial charge in [0.1, 0.15) is 0 Å². The van der Waals surface area contributed by atoms with Gasteiger partial charge < -0.3 is 15.2 Å². The van der Waals surface area contributed by atoms with Gasteiger partial charge in [-0.2, -0.15) is 0 Å². The average molecular weight is 275 g/mol. The molecule has 1 rings (SSSR count). The molecule has 1 amide bonds. The van der Waals surface area contributed by atoms with Crippen LogP contribution in [0.15, 0.2) is 0 Å². The minimum Gasteiger partial charge on any atom is -0.481 e. The number of hydrogen-bond acceptors (Lipinski definition) is 3. The Kier molecular flexibility index (Phi) is 6.59. The first-order valence-corrected chi connectivity index (χ1v) is 6.81. The fraction of sp³-hybridized carbons (Fsp3) is 0.846. The standard InChI is InChI=1S/C13H22FNO4/c14-9-4-10-19-12(18)15-13(8-5-11(16)17)6-2-1-3-7-13/h1-10H2,(H,15,18)(H,16,17). The maximum Gasteiger partial charge on any atom is 0.407 e. The molecule has 1 saturated carbocycles. The van der Waals surface area contributed by atoms with Gasteiger partial charge in [0.15, 0.2) is 0 Å². The Labute approximate surface area is 112 Å². The molecule has 1 aliphatic carbocycles. The van der Waals surface area contributed by atoms with E-state index < -0.39 is 24.3 Å². The highest BCUT2D eigenvalue weighted by molar-refractivity contribution is 5.69. The molecule has 0 heterocycles. The van der Waals surface area contributed by atoms with E-state index in [1.807, 2.05) is 0 Å². The van der Waals surface area contributed by atoms with Crippen LogP contribution in [-0.4, -0.2) is 36.0 Å². The van der Waals surface area contributed by atoms with Gasteiger partial charge in [0.2, 0.25) is 0 Å². The molecule has 1 fully saturated rings. The van der Waals surface area contributed by atoms with Crippen LogP contribution < -0.4 is 5.32 Å². The summed E-state index contributed by atoms with van der Waals surface area (Å²) in [6, 6.07) is 0. The molecule has 0 saturated heterocycles. The van der Waals surface area contributed by atoms with Gasteiger partial charge >= 0.3 is 12.1 Å². The predicted octanol–water partition coefficient (Wildman–Crippen LogP) is 2.64. The molecule has 0 atom stereocenters. The van der Waals surface area contributed by atoms with Crippen LogP contribution in [0, 0.1) is 0 Å². The number of carboxylic acids is 1. The molecule has 0 aromatic rings. The van der Waals surface area contributed by atoms with Crippen molar-refractivity contribution < 1.29 is 23.8 Å². The maximum absolute atomic E-state index is 11.9. The first-order chi connectivity index (χ1) is 9.08. The molecule has 6 heteroatoms. The quantitative estimate of drug-likeness (QED) is 0.700.